The van der Waals surface area contributed by atoms with Crippen LogP contribution in [0.15, 0.2) is 0 Å². The van der Waals surface area contributed by atoms with Gasteiger partial charge >= 0.3 is 100 Å². The van der Waals surface area contributed by atoms with Crippen molar-refractivity contribution in [2.45, 2.75) is 0 Å². The summed E-state index contributed by atoms with van der Waals surface area (Å²) in [5, 5.41) is 0. The van der Waals surface area contributed by atoms with Crippen LogP contribution in [0.2, 0.25) is 0 Å². The molecule has 0 heterocycles. The molecule has 0 unspecified atom stereocenters. The molecule has 0 aromatic heterocycles. The zero-order valence-corrected chi connectivity index (χ0v) is 10.6. The van der Waals surface area contributed by atoms with E-state index in [1.165, 1.54) is 0 Å². The van der Waals surface area contributed by atoms with E-state index in [0.717, 1.165) is 0 Å². The standard InChI is InChI=1S/Ba.K.3H2O/h;;3*1H2/q+2;+1;;;/p-3. The third kappa shape index (κ3) is 19.2. The van der Waals surface area contributed by atoms with Gasteiger partial charge < -0.3 is 16.4 Å². The van der Waals surface area contributed by atoms with Gasteiger partial charge in [0.05, 0.1) is 0 Å². The number of rotatable bonds is 0. The van der Waals surface area contributed by atoms with Gasteiger partial charge in [-0.1, -0.05) is 0 Å². The largest absolute Gasteiger partial charge is 2.00 e. The minimum absolute atomic E-state index is 0. The Morgan fingerprint density at radius 3 is 0.600 bits per heavy atom. The Hall–Kier alpha value is 3.09. The number of hydrogen-bond donors (Lipinski definition) is 0. The molecule has 0 radical (unpaired) electrons. The smallest absolute Gasteiger partial charge is 0.870 e. The molecule has 0 bridgehead atoms. The van der Waals surface area contributed by atoms with E-state index in [9.17, 15) is 0 Å². The second-order valence-corrected chi connectivity index (χ2v) is 0. The summed E-state index contributed by atoms with van der Waals surface area (Å²) in [6.07, 6.45) is 0. The Bertz CT molecular complexity index is 6.85. The van der Waals surface area contributed by atoms with Crippen LogP contribution < -0.4 is 51.4 Å². The summed E-state index contributed by atoms with van der Waals surface area (Å²) >= 11 is 0. The van der Waals surface area contributed by atoms with Crippen LogP contribution in [-0.4, -0.2) is 65.3 Å². The third-order valence-electron chi connectivity index (χ3n) is 0. The van der Waals surface area contributed by atoms with Gasteiger partial charge in [0.25, 0.3) is 0 Å². The van der Waals surface area contributed by atoms with Crippen LogP contribution in [-0.2, 0) is 0 Å². The fraction of sp³-hybridized carbons (Fsp3) is 0. The molecule has 0 saturated heterocycles. The van der Waals surface area contributed by atoms with Gasteiger partial charge in [0.2, 0.25) is 0 Å². The Morgan fingerprint density at radius 2 is 0.600 bits per heavy atom. The molecule has 0 rings (SSSR count). The summed E-state index contributed by atoms with van der Waals surface area (Å²) in [7, 11) is 0. The summed E-state index contributed by atoms with van der Waals surface area (Å²) in [5.74, 6) is 0. The van der Waals surface area contributed by atoms with Crippen LogP contribution in [0.4, 0.5) is 0 Å². The molecule has 0 aliphatic carbocycles. The Morgan fingerprint density at radius 1 is 0.600 bits per heavy atom. The van der Waals surface area contributed by atoms with Gasteiger partial charge in [-0.05, 0) is 0 Å². The molecule has 0 aromatic rings. The first-order chi connectivity index (χ1) is 0. The first-order valence-corrected chi connectivity index (χ1v) is 0. The van der Waals surface area contributed by atoms with Crippen LogP contribution >= 0.6 is 0 Å². The van der Waals surface area contributed by atoms with Crippen LogP contribution in [0, 0.1) is 0 Å². The second-order valence-electron chi connectivity index (χ2n) is 0. The summed E-state index contributed by atoms with van der Waals surface area (Å²) in [5.41, 5.74) is 0. The molecule has 3 nitrogen and oxygen atoms in total. The molecule has 0 aliphatic rings. The molecule has 0 fully saturated rings. The molecule has 0 saturated carbocycles. The molecule has 0 spiro atoms. The van der Waals surface area contributed by atoms with Gasteiger partial charge in [-0.3, -0.25) is 0 Å². The quantitative estimate of drug-likeness (QED) is 0.396. The maximum atomic E-state index is 0. The predicted molar refractivity (Wildman–Crippen MR) is 11.6 cm³/mol. The van der Waals surface area contributed by atoms with Gasteiger partial charge in [-0.2, -0.15) is 0 Å². The zero-order chi connectivity index (χ0) is 0. The van der Waals surface area contributed by atoms with Crippen molar-refractivity contribution in [1.29, 1.82) is 0 Å². The van der Waals surface area contributed by atoms with E-state index in [2.05, 4.69) is 0 Å². The van der Waals surface area contributed by atoms with Crippen molar-refractivity contribution < 1.29 is 67.8 Å². The molecule has 0 amide bonds. The van der Waals surface area contributed by atoms with Gasteiger partial charge in [0, 0.05) is 0 Å². The summed E-state index contributed by atoms with van der Waals surface area (Å²) in [4.78, 5) is 0. The Kier molecular flexibility index (Phi) is 235. The predicted octanol–water partition coefficient (Wildman–Crippen LogP) is -3.91. The van der Waals surface area contributed by atoms with Crippen molar-refractivity contribution in [2.24, 2.45) is 0 Å². The molecule has 5 heteroatoms. The van der Waals surface area contributed by atoms with E-state index in [0.29, 0.717) is 0 Å². The topological polar surface area (TPSA) is 90.0 Å². The Labute approximate surface area is 113 Å². The minimum Gasteiger partial charge on any atom is -0.870 e. The van der Waals surface area contributed by atoms with Crippen LogP contribution in [0.5, 0.6) is 0 Å². The van der Waals surface area contributed by atoms with Gasteiger partial charge in [-0.25, -0.2) is 0 Å². The van der Waals surface area contributed by atoms with Crippen molar-refractivity contribution in [3.8, 4) is 0 Å². The fourth-order valence-corrected chi connectivity index (χ4v) is 0. The summed E-state index contributed by atoms with van der Waals surface area (Å²) < 4.78 is 0. The summed E-state index contributed by atoms with van der Waals surface area (Å²) in [6.45, 7) is 0. The molecule has 24 valence electrons. The molecular formula is H3BaKO3. The van der Waals surface area contributed by atoms with Gasteiger partial charge in [-0.15, -0.1) is 0 Å². The first-order valence-electron chi connectivity index (χ1n) is 0. The fourth-order valence-electron chi connectivity index (χ4n) is 0. The normalized spacial score (nSPS) is 0. The maximum Gasteiger partial charge on any atom is 2.00 e. The van der Waals surface area contributed by atoms with Crippen molar-refractivity contribution in [3.05, 3.63) is 0 Å². The molecule has 0 aliphatic heterocycles. The van der Waals surface area contributed by atoms with Crippen molar-refractivity contribution >= 4 is 48.9 Å². The number of hydrogen-bond acceptors (Lipinski definition) is 3. The first kappa shape index (κ1) is 42.6. The van der Waals surface area contributed by atoms with E-state index >= 15 is 0 Å². The van der Waals surface area contributed by atoms with Crippen molar-refractivity contribution in [2.75, 3.05) is 0 Å². The van der Waals surface area contributed by atoms with Crippen molar-refractivity contribution in [3.63, 3.8) is 0 Å². The molecule has 5 heavy (non-hydrogen) atoms. The molecule has 0 atom stereocenters. The van der Waals surface area contributed by atoms with E-state index in [1.807, 2.05) is 0 Å². The monoisotopic (exact) mass is 228 g/mol. The molecule has 3 N–H and O–H groups in total. The summed E-state index contributed by atoms with van der Waals surface area (Å²) in [6, 6.07) is 0. The Balaban J connectivity index is 0. The minimum atomic E-state index is 0. The second kappa shape index (κ2) is 27.6. The van der Waals surface area contributed by atoms with Crippen molar-refractivity contribution in [1.82, 2.24) is 0 Å². The van der Waals surface area contributed by atoms with E-state index < -0.39 is 0 Å². The van der Waals surface area contributed by atoms with E-state index in [4.69, 9.17) is 0 Å². The molecule has 0 aromatic carbocycles. The molecular weight excluding hydrogens is 224 g/mol. The van der Waals surface area contributed by atoms with E-state index in [1.54, 1.807) is 0 Å². The van der Waals surface area contributed by atoms with Crippen LogP contribution in [0.1, 0.15) is 0 Å². The van der Waals surface area contributed by atoms with Crippen LogP contribution in [0.3, 0.4) is 0 Å². The average Bonchev–Trinajstić information content (AvgIpc) is 0. The zero-order valence-electron chi connectivity index (χ0n) is 3.05. The van der Waals surface area contributed by atoms with Gasteiger partial charge in [0.1, 0.15) is 0 Å². The van der Waals surface area contributed by atoms with Gasteiger partial charge in [0.15, 0.2) is 0 Å². The average molecular weight is 227 g/mol. The van der Waals surface area contributed by atoms with E-state index in [-0.39, 0.29) is 117 Å². The third-order valence-corrected chi connectivity index (χ3v) is 0. The van der Waals surface area contributed by atoms with Crippen LogP contribution in [0.25, 0.3) is 0 Å². The maximum absolute atomic E-state index is 0. The SMILES string of the molecule is [Ba+2].[K+].[OH-].[OH-].[OH-].